The topological polar surface area (TPSA) is 98.7 Å². The Morgan fingerprint density at radius 3 is 2.68 bits per heavy atom. The van der Waals surface area contributed by atoms with Gasteiger partial charge < -0.3 is 11.1 Å². The molecule has 7 nitrogen and oxygen atoms in total. The molecule has 0 fully saturated rings. The Balaban J connectivity index is 1.57. The van der Waals surface area contributed by atoms with E-state index in [0.29, 0.717) is 34.7 Å². The number of hydrogen-bond donors (Lipinski definition) is 2. The summed E-state index contributed by atoms with van der Waals surface area (Å²) < 4.78 is 40.3. The van der Waals surface area contributed by atoms with E-state index >= 15 is 0 Å². The molecule has 0 saturated heterocycles. The highest BCUT2D eigenvalue weighted by Crippen LogP contribution is 2.30. The average Bonchev–Trinajstić information content (AvgIpc) is 3.04. The summed E-state index contributed by atoms with van der Waals surface area (Å²) >= 11 is 0. The van der Waals surface area contributed by atoms with Crippen LogP contribution in [0.1, 0.15) is 27.2 Å². The Morgan fingerprint density at radius 1 is 1.13 bits per heavy atom. The van der Waals surface area contributed by atoms with Gasteiger partial charge in [0.25, 0.3) is 5.91 Å². The predicted molar refractivity (Wildman–Crippen MR) is 109 cm³/mol. The number of anilines is 2. The molecule has 0 bridgehead atoms. The van der Waals surface area contributed by atoms with Crippen LogP contribution in [0.2, 0.25) is 0 Å². The maximum Gasteiger partial charge on any atom is 0.416 e. The van der Waals surface area contributed by atoms with Gasteiger partial charge in [-0.1, -0.05) is 18.2 Å². The number of carbonyl (C=O) groups is 1. The van der Waals surface area contributed by atoms with Gasteiger partial charge in [-0.2, -0.15) is 18.3 Å². The number of fused-ring (bicyclic) bond motifs is 1. The lowest BCUT2D eigenvalue weighted by atomic mass is 10.1. The molecule has 0 aliphatic carbocycles. The van der Waals surface area contributed by atoms with E-state index in [1.54, 1.807) is 29.9 Å². The molecule has 2 heterocycles. The molecule has 0 radical (unpaired) electrons. The van der Waals surface area contributed by atoms with Crippen LogP contribution in [-0.2, 0) is 19.6 Å². The minimum atomic E-state index is -4.52. The van der Waals surface area contributed by atoms with Gasteiger partial charge in [0.15, 0.2) is 5.65 Å². The molecular weight excluding hydrogens is 409 g/mol. The lowest BCUT2D eigenvalue weighted by Crippen LogP contribution is -2.14. The van der Waals surface area contributed by atoms with Crippen molar-refractivity contribution in [2.75, 3.05) is 11.1 Å². The minimum absolute atomic E-state index is 0.0825. The Hall–Kier alpha value is -3.95. The van der Waals surface area contributed by atoms with Crippen molar-refractivity contribution in [2.24, 2.45) is 7.05 Å². The first-order chi connectivity index (χ1) is 14.7. The fraction of sp³-hybridized carbons (Fsp3) is 0.143. The number of aryl methyl sites for hydroxylation is 1. The Morgan fingerprint density at radius 2 is 1.90 bits per heavy atom. The van der Waals surface area contributed by atoms with Gasteiger partial charge in [0.05, 0.1) is 16.6 Å². The zero-order valence-corrected chi connectivity index (χ0v) is 16.3. The van der Waals surface area contributed by atoms with Crippen molar-refractivity contribution in [1.82, 2.24) is 19.7 Å². The molecular formula is C21H17F3N6O. The number of aromatic nitrogens is 4. The smallest absolute Gasteiger partial charge is 0.383 e. The molecule has 0 spiro atoms. The monoisotopic (exact) mass is 426 g/mol. The van der Waals surface area contributed by atoms with Crippen molar-refractivity contribution in [1.29, 1.82) is 0 Å². The number of alkyl halides is 3. The van der Waals surface area contributed by atoms with E-state index < -0.39 is 17.6 Å². The lowest BCUT2D eigenvalue weighted by Gasteiger charge is -2.10. The average molecular weight is 426 g/mol. The number of carbonyl (C=O) groups excluding carboxylic acids is 1. The first-order valence-electron chi connectivity index (χ1n) is 9.22. The Labute approximate surface area is 174 Å². The second-order valence-corrected chi connectivity index (χ2v) is 6.94. The maximum atomic E-state index is 12.9. The van der Waals surface area contributed by atoms with Gasteiger partial charge >= 0.3 is 6.18 Å². The first kappa shape index (κ1) is 20.3. The number of nitrogen functional groups attached to an aromatic ring is 1. The van der Waals surface area contributed by atoms with Crippen molar-refractivity contribution in [2.45, 2.75) is 12.6 Å². The van der Waals surface area contributed by atoms with E-state index in [4.69, 9.17) is 5.73 Å². The molecule has 1 amide bonds. The number of rotatable bonds is 4. The van der Waals surface area contributed by atoms with Gasteiger partial charge in [-0.25, -0.2) is 9.97 Å². The van der Waals surface area contributed by atoms with Gasteiger partial charge in [-0.3, -0.25) is 9.48 Å². The van der Waals surface area contributed by atoms with Crippen LogP contribution in [0, 0.1) is 0 Å². The summed E-state index contributed by atoms with van der Waals surface area (Å²) in [6, 6.07) is 11.2. The zero-order chi connectivity index (χ0) is 22.2. The summed E-state index contributed by atoms with van der Waals surface area (Å²) in [4.78, 5) is 20.7. The Kier molecular flexibility index (Phi) is 5.05. The van der Waals surface area contributed by atoms with Crippen molar-refractivity contribution < 1.29 is 18.0 Å². The van der Waals surface area contributed by atoms with E-state index in [0.717, 1.165) is 17.7 Å². The SMILES string of the molecule is Cn1nc(Cc2cccc(NC(=O)c3cccc(C(F)(F)F)c3)c2)c2c(N)ncnc21. The van der Waals surface area contributed by atoms with Crippen LogP contribution in [0.3, 0.4) is 0 Å². The van der Waals surface area contributed by atoms with Crippen molar-refractivity contribution in [3.8, 4) is 0 Å². The summed E-state index contributed by atoms with van der Waals surface area (Å²) in [6.07, 6.45) is -2.75. The lowest BCUT2D eigenvalue weighted by molar-refractivity contribution is -0.137. The highest BCUT2D eigenvalue weighted by Gasteiger charge is 2.30. The van der Waals surface area contributed by atoms with E-state index in [2.05, 4.69) is 20.4 Å². The summed E-state index contributed by atoms with van der Waals surface area (Å²) in [5.41, 5.74) is 7.58. The third kappa shape index (κ3) is 4.18. The molecule has 0 saturated carbocycles. The molecule has 0 aliphatic heterocycles. The fourth-order valence-corrected chi connectivity index (χ4v) is 3.31. The van der Waals surface area contributed by atoms with Crippen molar-refractivity contribution in [3.05, 3.63) is 77.2 Å². The quantitative estimate of drug-likeness (QED) is 0.517. The summed E-state index contributed by atoms with van der Waals surface area (Å²) in [5, 5.41) is 7.75. The normalized spacial score (nSPS) is 11.6. The highest BCUT2D eigenvalue weighted by molar-refractivity contribution is 6.04. The van der Waals surface area contributed by atoms with E-state index in [9.17, 15) is 18.0 Å². The van der Waals surface area contributed by atoms with Crippen LogP contribution in [0.5, 0.6) is 0 Å². The fourth-order valence-electron chi connectivity index (χ4n) is 3.31. The highest BCUT2D eigenvalue weighted by atomic mass is 19.4. The third-order valence-corrected chi connectivity index (χ3v) is 4.73. The van der Waals surface area contributed by atoms with Crippen molar-refractivity contribution >= 4 is 28.4 Å². The number of halogens is 3. The molecule has 2 aromatic carbocycles. The second kappa shape index (κ2) is 7.71. The molecule has 4 rings (SSSR count). The van der Waals surface area contributed by atoms with E-state index in [1.807, 2.05) is 6.07 Å². The second-order valence-electron chi connectivity index (χ2n) is 6.94. The molecule has 158 valence electrons. The summed E-state index contributed by atoms with van der Waals surface area (Å²) in [5.74, 6) is -0.314. The van der Waals surface area contributed by atoms with Crippen molar-refractivity contribution in [3.63, 3.8) is 0 Å². The molecule has 3 N–H and O–H groups in total. The van der Waals surface area contributed by atoms with Crippen LogP contribution >= 0.6 is 0 Å². The molecule has 2 aromatic heterocycles. The van der Waals surface area contributed by atoms with Gasteiger partial charge in [0.2, 0.25) is 0 Å². The molecule has 10 heteroatoms. The van der Waals surface area contributed by atoms with Crippen LogP contribution in [-0.4, -0.2) is 25.7 Å². The van der Waals surface area contributed by atoms with Gasteiger partial charge in [0.1, 0.15) is 12.1 Å². The molecule has 0 unspecified atom stereocenters. The minimum Gasteiger partial charge on any atom is -0.383 e. The van der Waals surface area contributed by atoms with E-state index in [1.165, 1.54) is 18.5 Å². The zero-order valence-electron chi connectivity index (χ0n) is 16.3. The number of nitrogens with one attached hydrogen (secondary N) is 1. The number of hydrogen-bond acceptors (Lipinski definition) is 5. The third-order valence-electron chi connectivity index (χ3n) is 4.73. The predicted octanol–water partition coefficient (Wildman–Crippen LogP) is 3.81. The van der Waals surface area contributed by atoms with Crippen LogP contribution in [0.25, 0.3) is 11.0 Å². The molecule has 0 atom stereocenters. The summed E-state index contributed by atoms with van der Waals surface area (Å²) in [7, 11) is 1.75. The van der Waals surface area contributed by atoms with Gasteiger partial charge in [0, 0.05) is 24.7 Å². The van der Waals surface area contributed by atoms with Crippen LogP contribution in [0.15, 0.2) is 54.9 Å². The summed E-state index contributed by atoms with van der Waals surface area (Å²) in [6.45, 7) is 0. The number of nitrogens with two attached hydrogens (primary N) is 1. The number of benzene rings is 2. The largest absolute Gasteiger partial charge is 0.416 e. The number of amides is 1. The molecule has 4 aromatic rings. The van der Waals surface area contributed by atoms with Gasteiger partial charge in [-0.05, 0) is 35.9 Å². The van der Waals surface area contributed by atoms with Crippen LogP contribution in [0.4, 0.5) is 24.7 Å². The maximum absolute atomic E-state index is 12.9. The van der Waals surface area contributed by atoms with E-state index in [-0.39, 0.29) is 5.56 Å². The number of nitrogens with zero attached hydrogens (tertiary/aromatic N) is 4. The van der Waals surface area contributed by atoms with Crippen LogP contribution < -0.4 is 11.1 Å². The molecule has 31 heavy (non-hydrogen) atoms. The van der Waals surface area contributed by atoms with Gasteiger partial charge in [-0.15, -0.1) is 0 Å². The Bertz CT molecular complexity index is 1280. The molecule has 0 aliphatic rings. The first-order valence-corrected chi connectivity index (χ1v) is 9.22. The standard InChI is InChI=1S/C21H17F3N6O/c1-30-19-17(18(25)26-11-27-19)16(29-30)9-12-4-2-7-15(8-12)28-20(31)13-5-3-6-14(10-13)21(22,23)24/h2-8,10-11H,9H2,1H3,(H,28,31)(H2,25,26,27).